The molecule has 1 unspecified atom stereocenters. The van der Waals surface area contributed by atoms with Gasteiger partial charge in [0.1, 0.15) is 0 Å². The Balaban J connectivity index is 0.00000529. The maximum Gasteiger partial charge on any atom is 0.229 e. The van der Waals surface area contributed by atoms with Crippen molar-refractivity contribution in [1.29, 1.82) is 0 Å². The van der Waals surface area contributed by atoms with Gasteiger partial charge in [0.25, 0.3) is 0 Å². The van der Waals surface area contributed by atoms with Gasteiger partial charge in [-0.05, 0) is 24.6 Å². The van der Waals surface area contributed by atoms with Crippen LogP contribution in [0.1, 0.15) is 32.8 Å². The molecule has 0 fully saturated rings. The lowest BCUT2D eigenvalue weighted by Gasteiger charge is -2.19. The largest absolute Gasteiger partial charge is 0.380 e. The second-order valence-electron chi connectivity index (χ2n) is 6.58. The minimum Gasteiger partial charge on any atom is -0.380 e. The van der Waals surface area contributed by atoms with Crippen molar-refractivity contribution in [2.75, 3.05) is 24.3 Å². The van der Waals surface area contributed by atoms with E-state index in [-0.39, 0.29) is 43.3 Å². The topological polar surface area (TPSA) is 93.4 Å². The van der Waals surface area contributed by atoms with Gasteiger partial charge in [0.2, 0.25) is 11.8 Å². The Morgan fingerprint density at radius 2 is 1.88 bits per heavy atom. The van der Waals surface area contributed by atoms with Crippen molar-refractivity contribution >= 4 is 35.6 Å². The monoisotopic (exact) mass is 357 g/mol. The van der Waals surface area contributed by atoms with Gasteiger partial charge in [0, 0.05) is 30.4 Å². The highest BCUT2D eigenvalue weighted by Gasteiger charge is 2.22. The number of amides is 2. The minimum atomic E-state index is -0.488. The lowest BCUT2D eigenvalue weighted by Crippen LogP contribution is -2.28. The van der Waals surface area contributed by atoms with Crippen molar-refractivity contribution in [2.24, 2.45) is 11.1 Å². The molecule has 4 N–H and O–H groups in total. The summed E-state index contributed by atoms with van der Waals surface area (Å²) in [4.78, 5) is 24.1. The molecular formula is C17H28ClN3O3. The van der Waals surface area contributed by atoms with Crippen molar-refractivity contribution < 1.29 is 14.3 Å². The molecule has 0 radical (unpaired) electrons. The minimum absolute atomic E-state index is 0. The van der Waals surface area contributed by atoms with Gasteiger partial charge < -0.3 is 21.1 Å². The van der Waals surface area contributed by atoms with Crippen molar-refractivity contribution in [3.63, 3.8) is 0 Å². The van der Waals surface area contributed by atoms with E-state index >= 15 is 0 Å². The smallest absolute Gasteiger partial charge is 0.229 e. The number of hydrogen-bond acceptors (Lipinski definition) is 4. The Kier molecular flexibility index (Phi) is 8.96. The number of anilines is 2. The summed E-state index contributed by atoms with van der Waals surface area (Å²) in [6.07, 6.45) is -0.120. The first kappa shape index (κ1) is 22.4. The summed E-state index contributed by atoms with van der Waals surface area (Å²) in [5.74, 6) is -0.258. The molecule has 1 atom stereocenters. The normalized spacial score (nSPS) is 12.1. The zero-order valence-corrected chi connectivity index (χ0v) is 15.8. The second kappa shape index (κ2) is 9.61. The van der Waals surface area contributed by atoms with E-state index in [9.17, 15) is 9.59 Å². The molecule has 0 saturated carbocycles. The first-order valence-electron chi connectivity index (χ1n) is 7.62. The number of hydrogen-bond donors (Lipinski definition) is 3. The van der Waals surface area contributed by atoms with Crippen LogP contribution in [0.5, 0.6) is 0 Å². The average Bonchev–Trinajstić information content (AvgIpc) is 2.47. The lowest BCUT2D eigenvalue weighted by atomic mass is 9.95. The number of halogens is 1. The SMILES string of the molecule is COC(CN)CC(=O)Nc1ccc(C)c(NC(=O)C(C)(C)C)c1.Cl. The molecule has 0 aliphatic carbocycles. The predicted molar refractivity (Wildman–Crippen MR) is 99.6 cm³/mol. The van der Waals surface area contributed by atoms with Crippen LogP contribution in [-0.2, 0) is 14.3 Å². The molecule has 0 bridgehead atoms. The average molecular weight is 358 g/mol. The summed E-state index contributed by atoms with van der Waals surface area (Å²) >= 11 is 0. The standard InChI is InChI=1S/C17H27N3O3.ClH/c1-11-6-7-12(19-15(21)9-13(10-18)23-5)8-14(11)20-16(22)17(2,3)4;/h6-8,13H,9-10,18H2,1-5H3,(H,19,21)(H,20,22);1H. The fraction of sp³-hybridized carbons (Fsp3) is 0.529. The van der Waals surface area contributed by atoms with E-state index in [2.05, 4.69) is 10.6 Å². The quantitative estimate of drug-likeness (QED) is 0.729. The molecular weight excluding hydrogens is 330 g/mol. The highest BCUT2D eigenvalue weighted by Crippen LogP contribution is 2.23. The van der Waals surface area contributed by atoms with Gasteiger partial charge in [0.05, 0.1) is 12.5 Å². The van der Waals surface area contributed by atoms with Crippen LogP contribution in [0.15, 0.2) is 18.2 Å². The first-order chi connectivity index (χ1) is 10.7. The van der Waals surface area contributed by atoms with Crippen LogP contribution in [0, 0.1) is 12.3 Å². The summed E-state index contributed by atoms with van der Waals surface area (Å²) < 4.78 is 5.10. The Bertz CT molecular complexity index is 567. The number of benzene rings is 1. The van der Waals surface area contributed by atoms with Crippen LogP contribution in [0.25, 0.3) is 0 Å². The number of nitrogens with two attached hydrogens (primary N) is 1. The molecule has 0 aromatic heterocycles. The lowest BCUT2D eigenvalue weighted by molar-refractivity contribution is -0.123. The van der Waals surface area contributed by atoms with Crippen molar-refractivity contribution in [1.82, 2.24) is 0 Å². The predicted octanol–water partition coefficient (Wildman–Crippen LogP) is 2.70. The fourth-order valence-electron chi connectivity index (χ4n) is 1.83. The molecule has 1 aromatic rings. The van der Waals surface area contributed by atoms with Crippen LogP contribution >= 0.6 is 12.4 Å². The number of nitrogens with one attached hydrogen (secondary N) is 2. The molecule has 0 spiro atoms. The van der Waals surface area contributed by atoms with E-state index < -0.39 is 5.41 Å². The summed E-state index contributed by atoms with van der Waals surface area (Å²) in [5, 5.41) is 5.69. The molecule has 136 valence electrons. The first-order valence-corrected chi connectivity index (χ1v) is 7.62. The molecule has 1 rings (SSSR count). The van der Waals surface area contributed by atoms with E-state index in [1.54, 1.807) is 12.1 Å². The van der Waals surface area contributed by atoms with E-state index in [1.807, 2.05) is 33.8 Å². The third-order valence-electron chi connectivity index (χ3n) is 3.46. The third kappa shape index (κ3) is 6.86. The number of ether oxygens (including phenoxy) is 1. The van der Waals surface area contributed by atoms with Crippen molar-refractivity contribution in [2.45, 2.75) is 40.2 Å². The number of carbonyl (C=O) groups excluding carboxylic acids is 2. The molecule has 0 heterocycles. The Morgan fingerprint density at radius 3 is 2.38 bits per heavy atom. The molecule has 7 heteroatoms. The number of aryl methyl sites for hydroxylation is 1. The molecule has 1 aromatic carbocycles. The van der Waals surface area contributed by atoms with Crippen LogP contribution in [0.2, 0.25) is 0 Å². The van der Waals surface area contributed by atoms with Crippen LogP contribution in [-0.4, -0.2) is 31.6 Å². The summed E-state index contributed by atoms with van der Waals surface area (Å²) in [5.41, 5.74) is 7.26. The van der Waals surface area contributed by atoms with Gasteiger partial charge in [0.15, 0.2) is 0 Å². The maximum absolute atomic E-state index is 12.1. The van der Waals surface area contributed by atoms with Gasteiger partial charge in [-0.25, -0.2) is 0 Å². The molecule has 0 aliphatic rings. The van der Waals surface area contributed by atoms with E-state index in [0.717, 1.165) is 5.56 Å². The van der Waals surface area contributed by atoms with Crippen molar-refractivity contribution in [3.05, 3.63) is 23.8 Å². The highest BCUT2D eigenvalue weighted by molar-refractivity contribution is 5.97. The number of methoxy groups -OCH3 is 1. The van der Waals surface area contributed by atoms with Crippen LogP contribution < -0.4 is 16.4 Å². The van der Waals surface area contributed by atoms with Crippen LogP contribution in [0.4, 0.5) is 11.4 Å². The Hall–Kier alpha value is -1.63. The van der Waals surface area contributed by atoms with Crippen LogP contribution in [0.3, 0.4) is 0 Å². The summed E-state index contributed by atoms with van der Waals surface area (Å²) in [7, 11) is 1.52. The fourth-order valence-corrected chi connectivity index (χ4v) is 1.83. The van der Waals surface area contributed by atoms with Gasteiger partial charge in [-0.2, -0.15) is 0 Å². The number of carbonyl (C=O) groups is 2. The molecule has 0 aliphatic heterocycles. The molecule has 6 nitrogen and oxygen atoms in total. The van der Waals surface area contributed by atoms with E-state index in [1.165, 1.54) is 7.11 Å². The van der Waals surface area contributed by atoms with E-state index in [0.29, 0.717) is 11.4 Å². The summed E-state index contributed by atoms with van der Waals surface area (Å²) in [6.45, 7) is 7.73. The van der Waals surface area contributed by atoms with Gasteiger partial charge >= 0.3 is 0 Å². The zero-order valence-electron chi connectivity index (χ0n) is 14.9. The highest BCUT2D eigenvalue weighted by atomic mass is 35.5. The summed E-state index contributed by atoms with van der Waals surface area (Å²) in [6, 6.07) is 5.40. The zero-order chi connectivity index (χ0) is 17.6. The van der Waals surface area contributed by atoms with Gasteiger partial charge in [-0.1, -0.05) is 26.8 Å². The van der Waals surface area contributed by atoms with Gasteiger partial charge in [-0.15, -0.1) is 12.4 Å². The van der Waals surface area contributed by atoms with E-state index in [4.69, 9.17) is 10.5 Å². The Morgan fingerprint density at radius 1 is 1.25 bits per heavy atom. The molecule has 0 saturated heterocycles. The van der Waals surface area contributed by atoms with Crippen molar-refractivity contribution in [3.8, 4) is 0 Å². The second-order valence-corrected chi connectivity index (χ2v) is 6.58. The third-order valence-corrected chi connectivity index (χ3v) is 3.46. The molecule has 2 amide bonds. The van der Waals surface area contributed by atoms with Gasteiger partial charge in [-0.3, -0.25) is 9.59 Å². The Labute approximate surface area is 149 Å². The maximum atomic E-state index is 12.1. The number of rotatable bonds is 6. The molecule has 24 heavy (non-hydrogen) atoms.